The molecule has 29 heavy (non-hydrogen) atoms. The van der Waals surface area contributed by atoms with Crippen LogP contribution in [0.15, 0.2) is 42.5 Å². The second-order valence-electron chi connectivity index (χ2n) is 7.25. The lowest BCUT2D eigenvalue weighted by atomic mass is 9.88. The molecule has 0 fully saturated rings. The molecule has 0 saturated heterocycles. The minimum atomic E-state index is 0.352. The smallest absolute Gasteiger partial charge is 0.0234 e. The van der Waals surface area contributed by atoms with E-state index < -0.39 is 0 Å². The third-order valence-corrected chi connectivity index (χ3v) is 4.89. The highest BCUT2D eigenvalue weighted by molar-refractivity contribution is 5.70. The molecule has 1 rings (SSSR count). The fourth-order valence-corrected chi connectivity index (χ4v) is 2.41. The number of benzene rings is 1. The molecule has 0 N–H and O–H groups in total. The molecule has 0 aliphatic rings. The van der Waals surface area contributed by atoms with Crippen LogP contribution in [0, 0.1) is 31.1 Å². The molecule has 0 aliphatic heterocycles. The molecule has 0 amide bonds. The number of hydrogen-bond acceptors (Lipinski definition) is 0. The van der Waals surface area contributed by atoms with E-state index in [0.717, 1.165) is 12.0 Å². The molecule has 164 valence electrons. The first-order chi connectivity index (χ1) is 13.5. The standard InChI is InChI=1S/C14H18.C11H18.2C2H6/c1-6-12(5)14-8-11(4)7-13(9-14)10(2)3;1-7-9(4)11(6)10(5)8(2)3;2*1-2/h7-9H,2,5-6H2,1,3-4H3;1,9,11H,2-6H3;2*1-2H3. The van der Waals surface area contributed by atoms with Crippen molar-refractivity contribution >= 4 is 11.1 Å². The average molecular weight is 397 g/mol. The summed E-state index contributed by atoms with van der Waals surface area (Å²) >= 11 is 0. The lowest BCUT2D eigenvalue weighted by Gasteiger charge is -2.16. The summed E-state index contributed by atoms with van der Waals surface area (Å²) in [6.07, 6.45) is 6.34. The van der Waals surface area contributed by atoms with Crippen molar-refractivity contribution in [2.75, 3.05) is 0 Å². The van der Waals surface area contributed by atoms with Crippen molar-refractivity contribution < 1.29 is 0 Å². The molecule has 2 unspecified atom stereocenters. The second kappa shape index (κ2) is 18.1. The van der Waals surface area contributed by atoms with Crippen molar-refractivity contribution in [3.8, 4) is 12.3 Å². The Hall–Kier alpha value is -2.00. The Balaban J connectivity index is -0.000000406. The summed E-state index contributed by atoms with van der Waals surface area (Å²) in [5.74, 6) is 3.64. The number of allylic oxidation sites excluding steroid dienone is 4. The van der Waals surface area contributed by atoms with E-state index in [9.17, 15) is 0 Å². The number of hydrogen-bond donors (Lipinski definition) is 0. The molecule has 0 aromatic heterocycles. The first kappa shape index (κ1) is 31.7. The monoisotopic (exact) mass is 396 g/mol. The Morgan fingerprint density at radius 1 is 0.931 bits per heavy atom. The van der Waals surface area contributed by atoms with E-state index in [2.05, 4.69) is 85.7 Å². The zero-order chi connectivity index (χ0) is 23.7. The summed E-state index contributed by atoms with van der Waals surface area (Å²) in [4.78, 5) is 0. The van der Waals surface area contributed by atoms with Crippen molar-refractivity contribution in [2.45, 2.75) is 89.5 Å². The van der Waals surface area contributed by atoms with Gasteiger partial charge >= 0.3 is 0 Å². The molecule has 0 spiro atoms. The summed E-state index contributed by atoms with van der Waals surface area (Å²) in [7, 11) is 0. The first-order valence-electron chi connectivity index (χ1n) is 11.1. The predicted molar refractivity (Wildman–Crippen MR) is 139 cm³/mol. The number of rotatable bonds is 5. The molecular weight excluding hydrogens is 348 g/mol. The van der Waals surface area contributed by atoms with Crippen LogP contribution in [0.25, 0.3) is 11.1 Å². The van der Waals surface area contributed by atoms with Gasteiger partial charge in [0.25, 0.3) is 0 Å². The van der Waals surface area contributed by atoms with Crippen molar-refractivity contribution in [1.82, 2.24) is 0 Å². The maximum Gasteiger partial charge on any atom is 0.0234 e. The van der Waals surface area contributed by atoms with E-state index in [1.807, 2.05) is 34.6 Å². The van der Waals surface area contributed by atoms with E-state index in [1.54, 1.807) is 0 Å². The van der Waals surface area contributed by atoms with Crippen molar-refractivity contribution in [3.63, 3.8) is 0 Å². The lowest BCUT2D eigenvalue weighted by Crippen LogP contribution is -2.07. The van der Waals surface area contributed by atoms with Gasteiger partial charge in [-0.05, 0) is 75.3 Å². The summed E-state index contributed by atoms with van der Waals surface area (Å²) in [5, 5.41) is 0. The van der Waals surface area contributed by atoms with Gasteiger partial charge in [0, 0.05) is 5.92 Å². The summed E-state index contributed by atoms with van der Waals surface area (Å²) < 4.78 is 0. The Labute approximate surface area is 184 Å². The highest BCUT2D eigenvalue weighted by Crippen LogP contribution is 2.23. The molecule has 0 nitrogen and oxygen atoms in total. The number of aryl methyl sites for hydroxylation is 1. The Kier molecular flexibility index (Phi) is 19.7. The maximum absolute atomic E-state index is 5.34. The van der Waals surface area contributed by atoms with Crippen LogP contribution < -0.4 is 0 Å². The van der Waals surface area contributed by atoms with E-state index in [-0.39, 0.29) is 0 Å². The normalized spacial score (nSPS) is 10.9. The van der Waals surface area contributed by atoms with Gasteiger partial charge in [0.05, 0.1) is 0 Å². The fraction of sp³-hybridized carbons (Fsp3) is 0.517. The van der Waals surface area contributed by atoms with Gasteiger partial charge < -0.3 is 0 Å². The minimum Gasteiger partial charge on any atom is -0.120 e. The quantitative estimate of drug-likeness (QED) is 0.343. The van der Waals surface area contributed by atoms with Gasteiger partial charge in [0.15, 0.2) is 0 Å². The molecule has 0 aliphatic carbocycles. The highest BCUT2D eigenvalue weighted by Gasteiger charge is 2.11. The second-order valence-corrected chi connectivity index (χ2v) is 7.25. The molecule has 1 aromatic rings. The van der Waals surface area contributed by atoms with Gasteiger partial charge in [0.1, 0.15) is 0 Å². The molecule has 0 bridgehead atoms. The van der Waals surface area contributed by atoms with Crippen LogP contribution in [0.5, 0.6) is 0 Å². The molecule has 0 radical (unpaired) electrons. The lowest BCUT2D eigenvalue weighted by molar-refractivity contribution is 0.541. The van der Waals surface area contributed by atoms with Crippen LogP contribution in [0.3, 0.4) is 0 Å². The van der Waals surface area contributed by atoms with Gasteiger partial charge in [-0.1, -0.05) is 90.5 Å². The van der Waals surface area contributed by atoms with Gasteiger partial charge in [-0.15, -0.1) is 12.3 Å². The molecule has 0 heteroatoms. The van der Waals surface area contributed by atoms with Gasteiger partial charge in [-0.3, -0.25) is 0 Å². The topological polar surface area (TPSA) is 0 Å². The zero-order valence-corrected chi connectivity index (χ0v) is 21.6. The molecule has 0 heterocycles. The zero-order valence-electron chi connectivity index (χ0n) is 21.6. The van der Waals surface area contributed by atoms with E-state index in [4.69, 9.17) is 6.42 Å². The van der Waals surface area contributed by atoms with Gasteiger partial charge in [0.2, 0.25) is 0 Å². The van der Waals surface area contributed by atoms with Crippen LogP contribution >= 0.6 is 0 Å². The summed E-state index contributed by atoms with van der Waals surface area (Å²) in [6, 6.07) is 6.51. The molecule has 1 aromatic carbocycles. The first-order valence-corrected chi connectivity index (χ1v) is 11.1. The average Bonchev–Trinajstić information content (AvgIpc) is 2.74. The molecule has 2 atom stereocenters. The van der Waals surface area contributed by atoms with Crippen molar-refractivity contribution in [1.29, 1.82) is 0 Å². The summed E-state index contributed by atoms with van der Waals surface area (Å²) in [6.45, 7) is 33.0. The maximum atomic E-state index is 5.34. The largest absolute Gasteiger partial charge is 0.120 e. The Morgan fingerprint density at radius 2 is 1.38 bits per heavy atom. The Bertz CT molecular complexity index is 672. The van der Waals surface area contributed by atoms with Crippen molar-refractivity contribution in [2.24, 2.45) is 11.8 Å². The predicted octanol–water partition coefficient (Wildman–Crippen LogP) is 9.75. The van der Waals surface area contributed by atoms with E-state index in [1.165, 1.54) is 33.4 Å². The Morgan fingerprint density at radius 3 is 1.72 bits per heavy atom. The van der Waals surface area contributed by atoms with Crippen LogP contribution in [0.1, 0.15) is 99.3 Å². The van der Waals surface area contributed by atoms with E-state index in [0.29, 0.717) is 11.8 Å². The van der Waals surface area contributed by atoms with Gasteiger partial charge in [-0.2, -0.15) is 0 Å². The minimum absolute atomic E-state index is 0.352. The van der Waals surface area contributed by atoms with E-state index >= 15 is 0 Å². The van der Waals surface area contributed by atoms with Crippen LogP contribution in [0.4, 0.5) is 0 Å². The third kappa shape index (κ3) is 13.0. The van der Waals surface area contributed by atoms with Crippen molar-refractivity contribution in [3.05, 3.63) is 59.2 Å². The van der Waals surface area contributed by atoms with Crippen LogP contribution in [-0.2, 0) is 0 Å². The fourth-order valence-electron chi connectivity index (χ4n) is 2.41. The molecular formula is C29H48. The highest BCUT2D eigenvalue weighted by atomic mass is 14.2. The van der Waals surface area contributed by atoms with Crippen LogP contribution in [-0.4, -0.2) is 0 Å². The number of terminal acetylenes is 1. The summed E-state index contributed by atoms with van der Waals surface area (Å²) in [5.41, 5.74) is 8.85. The van der Waals surface area contributed by atoms with Gasteiger partial charge in [-0.25, -0.2) is 0 Å². The van der Waals surface area contributed by atoms with Crippen LogP contribution in [0.2, 0.25) is 0 Å². The third-order valence-electron chi connectivity index (χ3n) is 4.89. The SMILES string of the molecule is C#CC(C)C(C)C(C)=C(C)C.C=C(C)c1cc(C)cc(C(=C)CC)c1.CC.CC. The molecule has 0 saturated carbocycles.